The largest absolute Gasteiger partial charge is 0.423 e. The molecule has 0 heterocycles. The third kappa shape index (κ3) is 2.80. The Morgan fingerprint density at radius 1 is 1.05 bits per heavy atom. The molecule has 0 saturated heterocycles. The third-order valence-corrected chi connectivity index (χ3v) is 3.43. The lowest BCUT2D eigenvalue weighted by Crippen LogP contribution is -2.20. The minimum Gasteiger partial charge on any atom is -0.423 e. The van der Waals surface area contributed by atoms with Gasteiger partial charge in [0.1, 0.15) is 5.75 Å². The van der Waals surface area contributed by atoms with Gasteiger partial charge in [-0.3, -0.25) is 0 Å². The Balaban J connectivity index is 2.46. The second-order valence-corrected chi connectivity index (χ2v) is 5.11. The van der Waals surface area contributed by atoms with Crippen LogP contribution in [0.2, 0.25) is 0 Å². The molecule has 2 aromatic rings. The molecule has 0 radical (unpaired) electrons. The highest BCUT2D eigenvalue weighted by atomic mass is 16.5. The molecule has 20 heavy (non-hydrogen) atoms. The minimum absolute atomic E-state index is 0.251. The van der Waals surface area contributed by atoms with Crippen molar-refractivity contribution in [3.63, 3.8) is 0 Å². The fourth-order valence-corrected chi connectivity index (χ4v) is 2.23. The number of esters is 1. The van der Waals surface area contributed by atoms with Crippen LogP contribution < -0.4 is 4.74 Å². The molecule has 0 N–H and O–H groups in total. The quantitative estimate of drug-likeness (QED) is 0.473. The maximum Gasteiger partial charge on any atom is 0.335 e. The molecule has 0 spiro atoms. The smallest absolute Gasteiger partial charge is 0.335 e. The first-order valence-corrected chi connectivity index (χ1v) is 6.55. The molecule has 2 aromatic carbocycles. The van der Waals surface area contributed by atoms with Crippen LogP contribution in [0.25, 0.3) is 0 Å². The van der Waals surface area contributed by atoms with Gasteiger partial charge in [-0.2, -0.15) is 0 Å². The summed E-state index contributed by atoms with van der Waals surface area (Å²) in [5.41, 5.74) is 1.89. The van der Waals surface area contributed by atoms with E-state index in [-0.39, 0.29) is 5.41 Å². The van der Waals surface area contributed by atoms with Crippen LogP contribution in [0.15, 0.2) is 67.3 Å². The van der Waals surface area contributed by atoms with Gasteiger partial charge in [-0.05, 0) is 11.6 Å². The van der Waals surface area contributed by atoms with Gasteiger partial charge in [0.15, 0.2) is 0 Å². The van der Waals surface area contributed by atoms with Gasteiger partial charge in [0.2, 0.25) is 0 Å². The van der Waals surface area contributed by atoms with Gasteiger partial charge in [-0.15, -0.1) is 0 Å². The Bertz CT molecular complexity index is 612. The summed E-state index contributed by atoms with van der Waals surface area (Å²) in [6, 6.07) is 17.8. The molecule has 2 rings (SSSR count). The van der Waals surface area contributed by atoms with Crippen molar-refractivity contribution in [2.75, 3.05) is 0 Å². The molecule has 0 saturated carbocycles. The van der Waals surface area contributed by atoms with E-state index in [1.54, 1.807) is 6.07 Å². The molecule has 0 fully saturated rings. The minimum atomic E-state index is -0.443. The van der Waals surface area contributed by atoms with Crippen LogP contribution in [-0.4, -0.2) is 5.97 Å². The summed E-state index contributed by atoms with van der Waals surface area (Å²) in [4.78, 5) is 11.5. The van der Waals surface area contributed by atoms with E-state index in [9.17, 15) is 4.79 Å². The molecule has 2 nitrogen and oxygen atoms in total. The highest BCUT2D eigenvalue weighted by Gasteiger charge is 2.26. The monoisotopic (exact) mass is 266 g/mol. The zero-order valence-electron chi connectivity index (χ0n) is 11.8. The molecule has 0 unspecified atom stereocenters. The van der Waals surface area contributed by atoms with E-state index >= 15 is 0 Å². The Morgan fingerprint density at radius 3 is 2.30 bits per heavy atom. The normalized spacial score (nSPS) is 10.9. The Kier molecular flexibility index (Phi) is 4.04. The van der Waals surface area contributed by atoms with Crippen LogP contribution >= 0.6 is 0 Å². The lowest BCUT2D eigenvalue weighted by atomic mass is 9.78. The summed E-state index contributed by atoms with van der Waals surface area (Å²) in [5.74, 6) is 0.132. The lowest BCUT2D eigenvalue weighted by Gasteiger charge is -2.27. The first-order valence-electron chi connectivity index (χ1n) is 6.55. The standard InChI is InChI=1S/C18H18O2/c1-4-17(19)20-16-13-9-8-12-15(16)18(2,3)14-10-6-5-7-11-14/h4-13H,1H2,2-3H3. The van der Waals surface area contributed by atoms with E-state index in [1.165, 1.54) is 11.6 Å². The van der Waals surface area contributed by atoms with Crippen molar-refractivity contribution in [1.29, 1.82) is 0 Å². The molecule has 0 bridgehead atoms. The van der Waals surface area contributed by atoms with Gasteiger partial charge in [0.25, 0.3) is 0 Å². The molecular formula is C18H18O2. The number of para-hydroxylation sites is 1. The van der Waals surface area contributed by atoms with Gasteiger partial charge >= 0.3 is 5.97 Å². The SMILES string of the molecule is C=CC(=O)Oc1ccccc1C(C)(C)c1ccccc1. The molecule has 0 aliphatic carbocycles. The van der Waals surface area contributed by atoms with Crippen LogP contribution in [0.4, 0.5) is 0 Å². The van der Waals surface area contributed by atoms with E-state index < -0.39 is 5.97 Å². The predicted molar refractivity (Wildman–Crippen MR) is 80.8 cm³/mol. The molecule has 0 amide bonds. The van der Waals surface area contributed by atoms with Crippen LogP contribution in [-0.2, 0) is 10.2 Å². The van der Waals surface area contributed by atoms with Crippen molar-refractivity contribution >= 4 is 5.97 Å². The molecule has 0 aliphatic heterocycles. The van der Waals surface area contributed by atoms with Crippen molar-refractivity contribution in [3.05, 3.63) is 78.4 Å². The summed E-state index contributed by atoms with van der Waals surface area (Å²) < 4.78 is 5.35. The van der Waals surface area contributed by atoms with E-state index in [0.717, 1.165) is 5.56 Å². The number of hydrogen-bond acceptors (Lipinski definition) is 2. The fraction of sp³-hybridized carbons (Fsp3) is 0.167. The van der Waals surface area contributed by atoms with Gasteiger partial charge in [-0.1, -0.05) is 69.0 Å². The average Bonchev–Trinajstić information content (AvgIpc) is 2.48. The maximum absolute atomic E-state index is 11.5. The summed E-state index contributed by atoms with van der Waals surface area (Å²) in [7, 11) is 0. The third-order valence-electron chi connectivity index (χ3n) is 3.43. The lowest BCUT2D eigenvalue weighted by molar-refractivity contribution is -0.129. The summed E-state index contributed by atoms with van der Waals surface area (Å²) in [5, 5.41) is 0. The van der Waals surface area contributed by atoms with E-state index in [4.69, 9.17) is 4.74 Å². The van der Waals surface area contributed by atoms with Crippen molar-refractivity contribution < 1.29 is 9.53 Å². The second kappa shape index (κ2) is 5.74. The van der Waals surface area contributed by atoms with Gasteiger partial charge in [0, 0.05) is 17.1 Å². The Labute approximate surface area is 119 Å². The number of benzene rings is 2. The number of carbonyl (C=O) groups is 1. The van der Waals surface area contributed by atoms with Crippen molar-refractivity contribution in [2.24, 2.45) is 0 Å². The van der Waals surface area contributed by atoms with Crippen LogP contribution in [0.1, 0.15) is 25.0 Å². The first kappa shape index (κ1) is 14.1. The molecule has 0 atom stereocenters. The van der Waals surface area contributed by atoms with E-state index in [0.29, 0.717) is 5.75 Å². The van der Waals surface area contributed by atoms with Crippen LogP contribution in [0.3, 0.4) is 0 Å². The number of rotatable bonds is 4. The highest BCUT2D eigenvalue weighted by Crippen LogP contribution is 2.37. The summed E-state index contributed by atoms with van der Waals surface area (Å²) in [6.07, 6.45) is 1.17. The predicted octanol–water partition coefficient (Wildman–Crippen LogP) is 4.10. The topological polar surface area (TPSA) is 26.3 Å². The number of ether oxygens (including phenoxy) is 1. The zero-order chi connectivity index (χ0) is 14.6. The number of carbonyl (C=O) groups excluding carboxylic acids is 1. The van der Waals surface area contributed by atoms with Gasteiger partial charge < -0.3 is 4.74 Å². The Morgan fingerprint density at radius 2 is 1.65 bits per heavy atom. The van der Waals surface area contributed by atoms with Crippen molar-refractivity contribution in [1.82, 2.24) is 0 Å². The summed E-state index contributed by atoms with van der Waals surface area (Å²) in [6.45, 7) is 7.66. The van der Waals surface area contributed by atoms with Crippen molar-refractivity contribution in [2.45, 2.75) is 19.3 Å². The second-order valence-electron chi connectivity index (χ2n) is 5.11. The number of hydrogen-bond donors (Lipinski definition) is 0. The van der Waals surface area contributed by atoms with Gasteiger partial charge in [0.05, 0.1) is 0 Å². The van der Waals surface area contributed by atoms with Crippen LogP contribution in [0.5, 0.6) is 5.75 Å². The van der Waals surface area contributed by atoms with Crippen LogP contribution in [0, 0.1) is 0 Å². The molecule has 0 aliphatic rings. The van der Waals surface area contributed by atoms with E-state index in [1.807, 2.05) is 36.4 Å². The molecule has 2 heteroatoms. The maximum atomic E-state index is 11.5. The Hall–Kier alpha value is -2.35. The molecule has 102 valence electrons. The van der Waals surface area contributed by atoms with E-state index in [2.05, 4.69) is 32.6 Å². The highest BCUT2D eigenvalue weighted by molar-refractivity contribution is 5.83. The average molecular weight is 266 g/mol. The van der Waals surface area contributed by atoms with Crippen molar-refractivity contribution in [3.8, 4) is 5.75 Å². The first-order chi connectivity index (χ1) is 9.55. The fourth-order valence-electron chi connectivity index (χ4n) is 2.23. The molecular weight excluding hydrogens is 248 g/mol. The summed E-state index contributed by atoms with van der Waals surface area (Å²) >= 11 is 0. The molecule has 0 aromatic heterocycles. The zero-order valence-corrected chi connectivity index (χ0v) is 11.8. The van der Waals surface area contributed by atoms with Gasteiger partial charge in [-0.25, -0.2) is 4.79 Å².